The minimum Gasteiger partial charge on any atom is -0.454 e. The molecule has 1 aromatic heterocycles. The van der Waals surface area contributed by atoms with Crippen molar-refractivity contribution in [2.75, 3.05) is 12.1 Å². The molecule has 0 unspecified atom stereocenters. The SMILES string of the molecule is O=C(Nc1nc2cc3c(cc2s1)OCO3)c1ccc2c(c1)CCCC2. The Morgan fingerprint density at radius 1 is 1.04 bits per heavy atom. The number of aromatic nitrogens is 1. The maximum atomic E-state index is 12.6. The third-order valence-corrected chi connectivity index (χ3v) is 5.65. The van der Waals surface area contributed by atoms with Gasteiger partial charge in [-0.15, -0.1) is 0 Å². The number of ether oxygens (including phenoxy) is 2. The number of fused-ring (bicyclic) bond motifs is 3. The Labute approximate surface area is 148 Å². The van der Waals surface area contributed by atoms with Gasteiger partial charge in [0.15, 0.2) is 16.6 Å². The number of amides is 1. The van der Waals surface area contributed by atoms with Crippen LogP contribution in [0.15, 0.2) is 30.3 Å². The summed E-state index contributed by atoms with van der Waals surface area (Å²) in [4.78, 5) is 17.1. The van der Waals surface area contributed by atoms with Crippen molar-refractivity contribution >= 4 is 32.6 Å². The first kappa shape index (κ1) is 14.7. The van der Waals surface area contributed by atoms with Crippen LogP contribution in [0, 0.1) is 0 Å². The maximum Gasteiger partial charge on any atom is 0.257 e. The monoisotopic (exact) mass is 352 g/mol. The van der Waals surface area contributed by atoms with E-state index in [1.165, 1.54) is 35.3 Å². The molecule has 2 aliphatic rings. The van der Waals surface area contributed by atoms with Gasteiger partial charge in [0.1, 0.15) is 0 Å². The number of nitrogens with one attached hydrogen (secondary N) is 1. The molecule has 2 aromatic carbocycles. The average Bonchev–Trinajstić information content (AvgIpc) is 3.24. The highest BCUT2D eigenvalue weighted by Gasteiger charge is 2.18. The zero-order chi connectivity index (χ0) is 16.8. The van der Waals surface area contributed by atoms with Crippen LogP contribution in [0.2, 0.25) is 0 Å². The summed E-state index contributed by atoms with van der Waals surface area (Å²) in [6.45, 7) is 0.245. The molecule has 5 rings (SSSR count). The van der Waals surface area contributed by atoms with Gasteiger partial charge in [-0.25, -0.2) is 4.98 Å². The van der Waals surface area contributed by atoms with Crippen LogP contribution in [-0.4, -0.2) is 17.7 Å². The van der Waals surface area contributed by atoms with E-state index in [4.69, 9.17) is 9.47 Å². The average molecular weight is 352 g/mol. The van der Waals surface area contributed by atoms with Crippen molar-refractivity contribution in [1.82, 2.24) is 4.98 Å². The summed E-state index contributed by atoms with van der Waals surface area (Å²) in [6.07, 6.45) is 4.61. The van der Waals surface area contributed by atoms with Gasteiger partial charge in [0.25, 0.3) is 5.91 Å². The van der Waals surface area contributed by atoms with Crippen LogP contribution >= 0.6 is 11.3 Å². The van der Waals surface area contributed by atoms with Gasteiger partial charge in [-0.3, -0.25) is 10.1 Å². The van der Waals surface area contributed by atoms with E-state index in [9.17, 15) is 4.79 Å². The molecule has 0 fully saturated rings. The first-order valence-electron chi connectivity index (χ1n) is 8.40. The lowest BCUT2D eigenvalue weighted by atomic mass is 9.90. The molecule has 0 saturated heterocycles. The molecular weight excluding hydrogens is 336 g/mol. The molecule has 6 heteroatoms. The van der Waals surface area contributed by atoms with Crippen LogP contribution in [0.1, 0.15) is 34.3 Å². The third kappa shape index (κ3) is 2.62. The summed E-state index contributed by atoms with van der Waals surface area (Å²) >= 11 is 1.44. The van der Waals surface area contributed by atoms with Crippen molar-refractivity contribution in [3.8, 4) is 11.5 Å². The number of aryl methyl sites for hydroxylation is 2. The molecular formula is C19H16N2O3S. The van der Waals surface area contributed by atoms with Crippen LogP contribution in [0.5, 0.6) is 11.5 Å². The quantitative estimate of drug-likeness (QED) is 0.752. The number of carbonyl (C=O) groups is 1. The van der Waals surface area contributed by atoms with Crippen molar-refractivity contribution in [2.45, 2.75) is 25.7 Å². The van der Waals surface area contributed by atoms with Crippen LogP contribution in [0.4, 0.5) is 5.13 Å². The second kappa shape index (κ2) is 5.74. The maximum absolute atomic E-state index is 12.6. The van der Waals surface area contributed by atoms with Crippen LogP contribution in [-0.2, 0) is 12.8 Å². The van der Waals surface area contributed by atoms with E-state index in [1.54, 1.807) is 0 Å². The van der Waals surface area contributed by atoms with Crippen molar-refractivity contribution in [2.24, 2.45) is 0 Å². The Hall–Kier alpha value is -2.60. The number of benzene rings is 2. The highest BCUT2D eigenvalue weighted by Crippen LogP contribution is 2.39. The first-order valence-corrected chi connectivity index (χ1v) is 9.21. The van der Waals surface area contributed by atoms with E-state index in [-0.39, 0.29) is 12.7 Å². The fourth-order valence-corrected chi connectivity index (χ4v) is 4.29. The second-order valence-electron chi connectivity index (χ2n) is 6.34. The normalized spacial score (nSPS) is 15.2. The predicted octanol–water partition coefficient (Wildman–Crippen LogP) is 4.16. The van der Waals surface area contributed by atoms with Gasteiger partial charge in [0.05, 0.1) is 10.2 Å². The van der Waals surface area contributed by atoms with Crippen LogP contribution in [0.25, 0.3) is 10.2 Å². The van der Waals surface area contributed by atoms with Crippen LogP contribution < -0.4 is 14.8 Å². The molecule has 1 amide bonds. The Morgan fingerprint density at radius 2 is 1.84 bits per heavy atom. The van der Waals surface area contributed by atoms with Gasteiger partial charge in [0, 0.05) is 17.7 Å². The fraction of sp³-hybridized carbons (Fsp3) is 0.263. The minimum absolute atomic E-state index is 0.118. The lowest BCUT2D eigenvalue weighted by Crippen LogP contribution is -2.13. The first-order chi connectivity index (χ1) is 12.3. The lowest BCUT2D eigenvalue weighted by Gasteiger charge is -2.16. The molecule has 5 nitrogen and oxygen atoms in total. The van der Waals surface area contributed by atoms with Crippen molar-refractivity contribution in [1.29, 1.82) is 0 Å². The smallest absolute Gasteiger partial charge is 0.257 e. The van der Waals surface area contributed by atoms with Crippen molar-refractivity contribution < 1.29 is 14.3 Å². The van der Waals surface area contributed by atoms with Crippen LogP contribution in [0.3, 0.4) is 0 Å². The standard InChI is InChI=1S/C19H16N2O3S/c22-18(13-6-5-11-3-1-2-4-12(11)7-13)21-19-20-14-8-15-16(24-10-23-15)9-17(14)25-19/h5-9H,1-4,10H2,(H,20,21,22). The molecule has 0 radical (unpaired) electrons. The van der Waals surface area contributed by atoms with Gasteiger partial charge in [-0.05, 0) is 48.9 Å². The van der Waals surface area contributed by atoms with Crippen molar-refractivity contribution in [3.63, 3.8) is 0 Å². The van der Waals surface area contributed by atoms with Gasteiger partial charge in [-0.2, -0.15) is 0 Å². The molecule has 1 aliphatic carbocycles. The topological polar surface area (TPSA) is 60.5 Å². The molecule has 2 heterocycles. The highest BCUT2D eigenvalue weighted by molar-refractivity contribution is 7.22. The number of thiazole rings is 1. The molecule has 0 spiro atoms. The largest absolute Gasteiger partial charge is 0.454 e. The molecule has 0 bridgehead atoms. The number of hydrogen-bond donors (Lipinski definition) is 1. The summed E-state index contributed by atoms with van der Waals surface area (Å²) < 4.78 is 11.7. The summed E-state index contributed by atoms with van der Waals surface area (Å²) in [7, 11) is 0. The molecule has 0 atom stereocenters. The summed E-state index contributed by atoms with van der Waals surface area (Å²) in [5, 5.41) is 3.50. The Kier molecular flexibility index (Phi) is 3.38. The number of hydrogen-bond acceptors (Lipinski definition) is 5. The molecule has 25 heavy (non-hydrogen) atoms. The predicted molar refractivity (Wildman–Crippen MR) is 96.8 cm³/mol. The van der Waals surface area contributed by atoms with E-state index in [0.717, 1.165) is 28.8 Å². The van der Waals surface area contributed by atoms with E-state index < -0.39 is 0 Å². The van der Waals surface area contributed by atoms with Gasteiger partial charge in [-0.1, -0.05) is 17.4 Å². The van der Waals surface area contributed by atoms with Gasteiger partial charge < -0.3 is 9.47 Å². The van der Waals surface area contributed by atoms with E-state index >= 15 is 0 Å². The van der Waals surface area contributed by atoms with E-state index in [0.29, 0.717) is 16.4 Å². The van der Waals surface area contributed by atoms with E-state index in [2.05, 4.69) is 16.4 Å². The number of nitrogens with zero attached hydrogens (tertiary/aromatic N) is 1. The number of rotatable bonds is 2. The van der Waals surface area contributed by atoms with E-state index in [1.807, 2.05) is 24.3 Å². The Morgan fingerprint density at radius 3 is 2.72 bits per heavy atom. The lowest BCUT2D eigenvalue weighted by molar-refractivity contribution is 0.102. The zero-order valence-corrected chi connectivity index (χ0v) is 14.3. The molecule has 1 aliphatic heterocycles. The second-order valence-corrected chi connectivity index (χ2v) is 7.37. The Bertz CT molecular complexity index is 955. The summed E-state index contributed by atoms with van der Waals surface area (Å²) in [5.74, 6) is 1.31. The molecule has 3 aromatic rings. The summed E-state index contributed by atoms with van der Waals surface area (Å²) in [6, 6.07) is 9.77. The fourth-order valence-electron chi connectivity index (χ4n) is 3.42. The highest BCUT2D eigenvalue weighted by atomic mass is 32.1. The molecule has 1 N–H and O–H groups in total. The van der Waals surface area contributed by atoms with Gasteiger partial charge in [0.2, 0.25) is 6.79 Å². The summed E-state index contributed by atoms with van der Waals surface area (Å²) in [5.41, 5.74) is 4.16. The molecule has 0 saturated carbocycles. The van der Waals surface area contributed by atoms with Crippen molar-refractivity contribution in [3.05, 3.63) is 47.0 Å². The van der Waals surface area contributed by atoms with Gasteiger partial charge >= 0.3 is 0 Å². The minimum atomic E-state index is -0.118. The molecule has 126 valence electrons. The Balaban J connectivity index is 1.41. The number of anilines is 1. The number of carbonyl (C=O) groups excluding carboxylic acids is 1. The zero-order valence-electron chi connectivity index (χ0n) is 13.5. The third-order valence-electron chi connectivity index (χ3n) is 4.71.